The third-order valence-corrected chi connectivity index (χ3v) is 5.71. The van der Waals surface area contributed by atoms with Gasteiger partial charge in [0.1, 0.15) is 6.17 Å². The minimum Gasteiger partial charge on any atom is -0.466 e. The summed E-state index contributed by atoms with van der Waals surface area (Å²) in [5.41, 5.74) is 0.874. The lowest BCUT2D eigenvalue weighted by Gasteiger charge is -2.33. The van der Waals surface area contributed by atoms with E-state index in [0.29, 0.717) is 24.9 Å². The van der Waals surface area contributed by atoms with Crippen LogP contribution >= 0.6 is 0 Å². The second-order valence-electron chi connectivity index (χ2n) is 7.39. The molecule has 6 unspecified atom stereocenters. The maximum atomic E-state index is 13.7. The number of allylic oxidation sites excluding steroid dienone is 2. The van der Waals surface area contributed by atoms with Crippen LogP contribution in [0.5, 0.6) is 0 Å². The lowest BCUT2D eigenvalue weighted by molar-refractivity contribution is -0.148. The van der Waals surface area contributed by atoms with Crippen molar-refractivity contribution >= 4 is 18.4 Å². The molecular weight excluding hydrogens is 321 g/mol. The van der Waals surface area contributed by atoms with Crippen molar-refractivity contribution in [2.24, 2.45) is 27.7 Å². The lowest BCUT2D eigenvalue weighted by atomic mass is 9.77. The summed E-state index contributed by atoms with van der Waals surface area (Å²) in [6.07, 6.45) is 6.76. The molecule has 0 amide bonds. The van der Waals surface area contributed by atoms with Gasteiger partial charge in [0.05, 0.1) is 24.4 Å². The van der Waals surface area contributed by atoms with E-state index in [4.69, 9.17) is 9.73 Å². The van der Waals surface area contributed by atoms with Crippen LogP contribution in [0.1, 0.15) is 46.5 Å². The molecule has 2 heterocycles. The third kappa shape index (κ3) is 3.84. The van der Waals surface area contributed by atoms with Crippen LogP contribution in [-0.2, 0) is 9.53 Å². The first-order valence-corrected chi connectivity index (χ1v) is 9.33. The number of rotatable bonds is 5. The van der Waals surface area contributed by atoms with E-state index in [-0.39, 0.29) is 36.0 Å². The Labute approximate surface area is 148 Å². The predicted molar refractivity (Wildman–Crippen MR) is 96.5 cm³/mol. The van der Waals surface area contributed by atoms with E-state index in [2.05, 4.69) is 10.3 Å². The van der Waals surface area contributed by atoms with Crippen molar-refractivity contribution in [1.29, 1.82) is 0 Å². The quantitative estimate of drug-likeness (QED) is 0.776. The van der Waals surface area contributed by atoms with Crippen LogP contribution in [0, 0.1) is 17.8 Å². The highest BCUT2D eigenvalue weighted by atomic mass is 19.1. The van der Waals surface area contributed by atoms with Gasteiger partial charge in [-0.15, -0.1) is 0 Å². The third-order valence-electron chi connectivity index (χ3n) is 5.71. The Kier molecular flexibility index (Phi) is 5.67. The number of halogens is 1. The van der Waals surface area contributed by atoms with Gasteiger partial charge < -0.3 is 4.74 Å². The van der Waals surface area contributed by atoms with Crippen LogP contribution in [0.3, 0.4) is 0 Å². The number of esters is 1. The van der Waals surface area contributed by atoms with Gasteiger partial charge >= 0.3 is 5.97 Å². The van der Waals surface area contributed by atoms with E-state index in [1.165, 1.54) is 0 Å². The number of aliphatic imine (C=N–C) groups is 2. The second kappa shape index (κ2) is 7.77. The van der Waals surface area contributed by atoms with Crippen molar-refractivity contribution in [3.8, 4) is 0 Å². The number of carbonyl (C=O) groups is 1. The largest absolute Gasteiger partial charge is 0.466 e. The molecule has 6 heteroatoms. The van der Waals surface area contributed by atoms with Crippen molar-refractivity contribution < 1.29 is 13.9 Å². The predicted octanol–water partition coefficient (Wildman–Crippen LogP) is 3.06. The van der Waals surface area contributed by atoms with Gasteiger partial charge in [0.15, 0.2) is 0 Å². The van der Waals surface area contributed by atoms with Gasteiger partial charge in [-0.25, -0.2) is 4.39 Å². The van der Waals surface area contributed by atoms with Crippen molar-refractivity contribution in [3.05, 3.63) is 11.4 Å². The normalized spacial score (nSPS) is 36.1. The maximum Gasteiger partial charge on any atom is 0.312 e. The molecule has 3 aliphatic rings. The number of nitrogens with one attached hydrogen (secondary N) is 1. The molecule has 0 aromatic heterocycles. The Morgan fingerprint density at radius 3 is 3.00 bits per heavy atom. The first kappa shape index (κ1) is 18.2. The summed E-state index contributed by atoms with van der Waals surface area (Å²) >= 11 is 0. The smallest absolute Gasteiger partial charge is 0.312 e. The molecule has 0 bridgehead atoms. The zero-order valence-electron chi connectivity index (χ0n) is 15.2. The van der Waals surface area contributed by atoms with Gasteiger partial charge in [-0.3, -0.25) is 20.1 Å². The highest BCUT2D eigenvalue weighted by molar-refractivity contribution is 5.75. The van der Waals surface area contributed by atoms with Gasteiger partial charge in [-0.2, -0.15) is 0 Å². The van der Waals surface area contributed by atoms with Crippen molar-refractivity contribution in [3.63, 3.8) is 0 Å². The highest BCUT2D eigenvalue weighted by Gasteiger charge is 2.41. The van der Waals surface area contributed by atoms with Gasteiger partial charge in [-0.05, 0) is 64.2 Å². The summed E-state index contributed by atoms with van der Waals surface area (Å²) < 4.78 is 18.8. The summed E-state index contributed by atoms with van der Waals surface area (Å²) in [5.74, 6) is 0.234. The van der Waals surface area contributed by atoms with E-state index in [0.717, 1.165) is 24.8 Å². The van der Waals surface area contributed by atoms with Crippen LogP contribution in [0.2, 0.25) is 0 Å². The minimum absolute atomic E-state index is 0.0543. The highest BCUT2D eigenvalue weighted by Crippen LogP contribution is 2.39. The summed E-state index contributed by atoms with van der Waals surface area (Å²) in [5, 5.41) is 3.47. The molecular formula is C19H28FN3O2. The average Bonchev–Trinajstić information content (AvgIpc) is 3.25. The summed E-state index contributed by atoms with van der Waals surface area (Å²) in [6.45, 7) is 5.92. The zero-order chi connectivity index (χ0) is 18.0. The molecule has 138 valence electrons. The minimum atomic E-state index is -0.309. The molecule has 0 fully saturated rings. The molecule has 1 aliphatic carbocycles. The lowest BCUT2D eigenvalue weighted by Crippen LogP contribution is -2.46. The number of hydrogen-bond donors (Lipinski definition) is 1. The summed E-state index contributed by atoms with van der Waals surface area (Å²) in [6, 6.07) is 0.300. The van der Waals surface area contributed by atoms with E-state index < -0.39 is 0 Å². The Bertz CT molecular complexity index is 601. The summed E-state index contributed by atoms with van der Waals surface area (Å²) in [7, 11) is 0. The Hall–Kier alpha value is -1.56. The maximum absolute atomic E-state index is 13.7. The van der Waals surface area contributed by atoms with Gasteiger partial charge in [0, 0.05) is 18.2 Å². The second-order valence-corrected chi connectivity index (χ2v) is 7.39. The molecule has 2 aliphatic heterocycles. The molecule has 0 saturated carbocycles. The van der Waals surface area contributed by atoms with Crippen molar-refractivity contribution in [1.82, 2.24) is 5.32 Å². The molecule has 0 spiro atoms. The zero-order valence-corrected chi connectivity index (χ0v) is 15.2. The van der Waals surface area contributed by atoms with Gasteiger partial charge in [0.2, 0.25) is 0 Å². The average molecular weight is 349 g/mol. The van der Waals surface area contributed by atoms with E-state index in [1.54, 1.807) is 0 Å². The molecule has 3 rings (SSSR count). The standard InChI is InChI=1S/C19H28FN3O2/c1-4-25-19(24)12(3)18-22-10-16(23-18)14-7-8-21-17(14)13-5-6-15(20)11(2)9-13/h8,10,12-14,16-18,23H,4-7,9H2,1-3H3. The van der Waals surface area contributed by atoms with E-state index in [9.17, 15) is 9.18 Å². The number of ether oxygens (including phenoxy) is 1. The molecule has 0 radical (unpaired) electrons. The fourth-order valence-corrected chi connectivity index (χ4v) is 4.19. The molecule has 5 nitrogen and oxygen atoms in total. The molecule has 6 atom stereocenters. The Morgan fingerprint density at radius 1 is 1.48 bits per heavy atom. The van der Waals surface area contributed by atoms with Crippen LogP contribution < -0.4 is 5.32 Å². The number of nitrogens with zero attached hydrogens (tertiary/aromatic N) is 2. The van der Waals surface area contributed by atoms with Gasteiger partial charge in [0.25, 0.3) is 0 Å². The van der Waals surface area contributed by atoms with Gasteiger partial charge in [-0.1, -0.05) is 0 Å². The van der Waals surface area contributed by atoms with Crippen LogP contribution in [0.25, 0.3) is 0 Å². The number of hydrogen-bond acceptors (Lipinski definition) is 5. The molecule has 0 aromatic carbocycles. The molecule has 0 aromatic rings. The Morgan fingerprint density at radius 2 is 2.28 bits per heavy atom. The fourth-order valence-electron chi connectivity index (χ4n) is 4.19. The topological polar surface area (TPSA) is 63.0 Å². The first-order valence-electron chi connectivity index (χ1n) is 9.33. The molecule has 1 N–H and O–H groups in total. The van der Waals surface area contributed by atoms with Crippen LogP contribution in [0.4, 0.5) is 4.39 Å². The van der Waals surface area contributed by atoms with Crippen molar-refractivity contribution in [2.45, 2.75) is 64.7 Å². The molecule has 0 saturated heterocycles. The monoisotopic (exact) mass is 349 g/mol. The SMILES string of the molecule is CCOC(=O)C(C)C1N=CC(C2CC=NC2C2CCC(F)=C(C)C2)N1. The Balaban J connectivity index is 1.61. The van der Waals surface area contributed by atoms with E-state index in [1.807, 2.05) is 33.2 Å². The van der Waals surface area contributed by atoms with Crippen molar-refractivity contribution in [2.75, 3.05) is 6.61 Å². The van der Waals surface area contributed by atoms with Crippen LogP contribution in [0.15, 0.2) is 21.4 Å². The number of carbonyl (C=O) groups excluding carboxylic acids is 1. The first-order chi connectivity index (χ1) is 12.0. The van der Waals surface area contributed by atoms with Crippen LogP contribution in [-0.4, -0.2) is 43.3 Å². The summed E-state index contributed by atoms with van der Waals surface area (Å²) in [4.78, 5) is 21.2. The molecule has 25 heavy (non-hydrogen) atoms. The van der Waals surface area contributed by atoms with E-state index >= 15 is 0 Å². The fraction of sp³-hybridized carbons (Fsp3) is 0.737.